The van der Waals surface area contributed by atoms with Crippen molar-refractivity contribution in [1.82, 2.24) is 19.5 Å². The highest BCUT2D eigenvalue weighted by Crippen LogP contribution is 2.42. The predicted octanol–water partition coefficient (Wildman–Crippen LogP) is 9.87. The summed E-state index contributed by atoms with van der Waals surface area (Å²) in [6.45, 7) is 0. The number of aromatic nitrogens is 4. The minimum Gasteiger partial charge on any atom is -0.456 e. The van der Waals surface area contributed by atoms with Gasteiger partial charge in [-0.15, -0.1) is 0 Å². The van der Waals surface area contributed by atoms with Crippen molar-refractivity contribution in [2.45, 2.75) is 0 Å². The topological polar surface area (TPSA) is 56.7 Å². The van der Waals surface area contributed by atoms with Gasteiger partial charge in [-0.3, -0.25) is 4.57 Å². The fourth-order valence-electron chi connectivity index (χ4n) is 6.26. The molecular formula is C39H24N4O. The zero-order chi connectivity index (χ0) is 29.0. The van der Waals surface area contributed by atoms with Crippen molar-refractivity contribution in [3.8, 4) is 39.9 Å². The van der Waals surface area contributed by atoms with Crippen molar-refractivity contribution in [3.63, 3.8) is 0 Å². The summed E-state index contributed by atoms with van der Waals surface area (Å²) in [6.07, 6.45) is 0. The van der Waals surface area contributed by atoms with Gasteiger partial charge in [0.2, 0.25) is 5.95 Å². The van der Waals surface area contributed by atoms with E-state index >= 15 is 0 Å². The number of para-hydroxylation sites is 1. The first-order chi connectivity index (χ1) is 21.8. The molecule has 9 aromatic rings. The van der Waals surface area contributed by atoms with E-state index in [0.29, 0.717) is 17.6 Å². The number of hydrogen-bond donors (Lipinski definition) is 0. The van der Waals surface area contributed by atoms with Gasteiger partial charge < -0.3 is 4.42 Å². The molecule has 3 heterocycles. The highest BCUT2D eigenvalue weighted by molar-refractivity contribution is 6.27. The van der Waals surface area contributed by atoms with Crippen LogP contribution in [0, 0.1) is 0 Å². The average molecular weight is 565 g/mol. The van der Waals surface area contributed by atoms with E-state index in [9.17, 15) is 0 Å². The lowest BCUT2D eigenvalue weighted by Gasteiger charge is -2.12. The fraction of sp³-hybridized carbons (Fsp3) is 0. The zero-order valence-corrected chi connectivity index (χ0v) is 23.6. The third-order valence-electron chi connectivity index (χ3n) is 8.25. The van der Waals surface area contributed by atoms with Crippen LogP contribution in [0.3, 0.4) is 0 Å². The molecule has 206 valence electrons. The van der Waals surface area contributed by atoms with Gasteiger partial charge in [0.05, 0.1) is 16.4 Å². The molecule has 0 saturated heterocycles. The molecule has 5 heteroatoms. The number of rotatable bonds is 4. The summed E-state index contributed by atoms with van der Waals surface area (Å²) >= 11 is 0. The van der Waals surface area contributed by atoms with Crippen LogP contribution in [0.25, 0.3) is 83.6 Å². The van der Waals surface area contributed by atoms with Gasteiger partial charge in [0, 0.05) is 21.9 Å². The Morgan fingerprint density at radius 3 is 1.68 bits per heavy atom. The molecule has 3 aromatic heterocycles. The number of hydrogen-bond acceptors (Lipinski definition) is 4. The SMILES string of the molecule is c1ccc(-c2cc3oc4ccccc4c4cccc5c4c3c(c2)n5-c2nc(-c3ccccc3)nc(-c3ccccc3)n2)cc1. The largest absolute Gasteiger partial charge is 0.456 e. The lowest BCUT2D eigenvalue weighted by molar-refractivity contribution is 0.664. The predicted molar refractivity (Wildman–Crippen MR) is 178 cm³/mol. The Kier molecular flexibility index (Phi) is 5.43. The summed E-state index contributed by atoms with van der Waals surface area (Å²) < 4.78 is 8.92. The minimum atomic E-state index is 0.555. The van der Waals surface area contributed by atoms with E-state index in [1.807, 2.05) is 78.9 Å². The normalized spacial score (nSPS) is 11.6. The molecule has 6 aromatic carbocycles. The Morgan fingerprint density at radius 2 is 1.00 bits per heavy atom. The van der Waals surface area contributed by atoms with E-state index in [1.54, 1.807) is 0 Å². The van der Waals surface area contributed by atoms with Gasteiger partial charge in [-0.2, -0.15) is 9.97 Å². The van der Waals surface area contributed by atoms with Crippen molar-refractivity contribution >= 4 is 43.7 Å². The van der Waals surface area contributed by atoms with Crippen molar-refractivity contribution < 1.29 is 4.42 Å². The lowest BCUT2D eigenvalue weighted by atomic mass is 10.0. The second-order valence-corrected chi connectivity index (χ2v) is 10.9. The van der Waals surface area contributed by atoms with Crippen LogP contribution in [0.4, 0.5) is 0 Å². The van der Waals surface area contributed by atoms with Crippen LogP contribution in [-0.4, -0.2) is 19.5 Å². The maximum absolute atomic E-state index is 6.75. The van der Waals surface area contributed by atoms with Crippen LogP contribution in [0.5, 0.6) is 0 Å². The molecule has 0 fully saturated rings. The van der Waals surface area contributed by atoms with Crippen LogP contribution in [0.1, 0.15) is 0 Å². The van der Waals surface area contributed by atoms with E-state index in [2.05, 4.69) is 71.3 Å². The molecule has 0 aliphatic rings. The molecule has 9 rings (SSSR count). The third kappa shape index (κ3) is 3.83. The van der Waals surface area contributed by atoms with Crippen molar-refractivity contribution in [2.75, 3.05) is 0 Å². The van der Waals surface area contributed by atoms with Crippen molar-refractivity contribution in [1.29, 1.82) is 0 Å². The second kappa shape index (κ2) is 9.75. The summed E-state index contributed by atoms with van der Waals surface area (Å²) in [5.74, 6) is 1.79. The van der Waals surface area contributed by atoms with Gasteiger partial charge in [0.25, 0.3) is 0 Å². The number of fused-ring (bicyclic) bond motifs is 2. The maximum Gasteiger partial charge on any atom is 0.238 e. The van der Waals surface area contributed by atoms with E-state index in [1.165, 1.54) is 0 Å². The van der Waals surface area contributed by atoms with E-state index in [-0.39, 0.29) is 0 Å². The molecule has 0 atom stereocenters. The van der Waals surface area contributed by atoms with Crippen LogP contribution in [0.2, 0.25) is 0 Å². The first-order valence-corrected chi connectivity index (χ1v) is 14.6. The summed E-state index contributed by atoms with van der Waals surface area (Å²) in [4.78, 5) is 15.2. The molecule has 0 aliphatic heterocycles. The quantitative estimate of drug-likeness (QED) is 0.213. The Hall–Kier alpha value is -6.07. The monoisotopic (exact) mass is 564 g/mol. The molecule has 0 spiro atoms. The molecule has 0 radical (unpaired) electrons. The summed E-state index contributed by atoms with van der Waals surface area (Å²) in [5, 5.41) is 4.33. The van der Waals surface area contributed by atoms with E-state index in [4.69, 9.17) is 19.4 Å². The van der Waals surface area contributed by atoms with Crippen LogP contribution in [0.15, 0.2) is 150 Å². The Balaban J connectivity index is 1.46. The van der Waals surface area contributed by atoms with Gasteiger partial charge in [-0.1, -0.05) is 121 Å². The van der Waals surface area contributed by atoms with Crippen molar-refractivity contribution in [3.05, 3.63) is 146 Å². The maximum atomic E-state index is 6.75. The van der Waals surface area contributed by atoms with Crippen molar-refractivity contribution in [2.24, 2.45) is 0 Å². The first kappa shape index (κ1) is 24.5. The van der Waals surface area contributed by atoms with Gasteiger partial charge >= 0.3 is 0 Å². The molecular weight excluding hydrogens is 540 g/mol. The zero-order valence-electron chi connectivity index (χ0n) is 23.6. The Bertz CT molecular complexity index is 2420. The summed E-state index contributed by atoms with van der Waals surface area (Å²) in [7, 11) is 0. The number of benzene rings is 6. The second-order valence-electron chi connectivity index (χ2n) is 10.9. The fourth-order valence-corrected chi connectivity index (χ4v) is 6.26. The van der Waals surface area contributed by atoms with Gasteiger partial charge in [-0.05, 0) is 40.8 Å². The summed E-state index contributed by atoms with van der Waals surface area (Å²) in [6, 6.07) is 49.6. The summed E-state index contributed by atoms with van der Waals surface area (Å²) in [5.41, 5.74) is 7.65. The molecule has 44 heavy (non-hydrogen) atoms. The van der Waals surface area contributed by atoms with Gasteiger partial charge in [0.1, 0.15) is 11.2 Å². The van der Waals surface area contributed by atoms with E-state index < -0.39 is 0 Å². The standard InChI is InChI=1S/C39H24N4O/c1-4-13-25(14-5-1)28-23-32-36-34(24-28)44-33-22-11-10-19-29(33)30-20-12-21-31(35(30)36)43(32)39-41-37(26-15-6-2-7-16-26)40-38(42-39)27-17-8-3-9-18-27/h1-24H. The number of nitrogens with zero attached hydrogens (tertiary/aromatic N) is 4. The van der Waals surface area contributed by atoms with Crippen LogP contribution in [-0.2, 0) is 0 Å². The molecule has 0 aliphatic carbocycles. The van der Waals surface area contributed by atoms with Crippen LogP contribution >= 0.6 is 0 Å². The lowest BCUT2D eigenvalue weighted by Crippen LogP contribution is -2.06. The molecule has 0 bridgehead atoms. The van der Waals surface area contributed by atoms with Gasteiger partial charge in [-0.25, -0.2) is 4.98 Å². The smallest absolute Gasteiger partial charge is 0.238 e. The van der Waals surface area contributed by atoms with Crippen LogP contribution < -0.4 is 0 Å². The van der Waals surface area contributed by atoms with E-state index in [0.717, 1.165) is 66.0 Å². The molecule has 0 N–H and O–H groups in total. The molecule has 0 saturated carbocycles. The van der Waals surface area contributed by atoms with Gasteiger partial charge in [0.15, 0.2) is 11.6 Å². The third-order valence-corrected chi connectivity index (χ3v) is 8.25. The molecule has 0 amide bonds. The minimum absolute atomic E-state index is 0.555. The molecule has 0 unspecified atom stereocenters. The highest BCUT2D eigenvalue weighted by Gasteiger charge is 2.22. The molecule has 5 nitrogen and oxygen atoms in total. The Morgan fingerprint density at radius 1 is 0.409 bits per heavy atom. The highest BCUT2D eigenvalue weighted by atomic mass is 16.3. The Labute approximate surface area is 252 Å². The first-order valence-electron chi connectivity index (χ1n) is 14.6. The average Bonchev–Trinajstić information content (AvgIpc) is 3.36.